The minimum absolute atomic E-state index is 0.139. The van der Waals surface area contributed by atoms with Gasteiger partial charge in [-0.15, -0.1) is 4.39 Å². The Balaban J connectivity index is 4.38. The van der Waals surface area contributed by atoms with E-state index in [1.807, 2.05) is 0 Å². The maximum atomic E-state index is 12.0. The topological polar surface area (TPSA) is 90.5 Å². The van der Waals surface area contributed by atoms with Crippen molar-refractivity contribution in [2.45, 2.75) is 12.4 Å². The molecule has 14 heteroatoms. The standard InChI is InChI=1S/C11H15F7N4O3/c12-9(25)21-3-6-22(4-1-19-7(23)10(13,14)15)5-2-20-8(24)11(16,17)18/h1-6H2,(H,19,23)(H,20,24)(H,21,25). The van der Waals surface area contributed by atoms with Crippen molar-refractivity contribution >= 4 is 18.0 Å². The van der Waals surface area contributed by atoms with Gasteiger partial charge in [0.15, 0.2) is 0 Å². The fourth-order valence-corrected chi connectivity index (χ4v) is 1.50. The monoisotopic (exact) mass is 384 g/mol. The van der Waals surface area contributed by atoms with Gasteiger partial charge in [-0.25, -0.2) is 4.79 Å². The number of amides is 3. The Morgan fingerprint density at radius 3 is 1.28 bits per heavy atom. The molecule has 0 saturated carbocycles. The van der Waals surface area contributed by atoms with Crippen LogP contribution in [0.4, 0.5) is 35.5 Å². The highest BCUT2D eigenvalue weighted by atomic mass is 19.4. The van der Waals surface area contributed by atoms with E-state index in [-0.39, 0.29) is 26.2 Å². The predicted molar refractivity (Wildman–Crippen MR) is 69.1 cm³/mol. The number of carbonyl (C=O) groups excluding carboxylic acids is 3. The molecule has 146 valence electrons. The van der Waals surface area contributed by atoms with Gasteiger partial charge >= 0.3 is 30.3 Å². The Hall–Kier alpha value is -2.12. The molecule has 0 aromatic heterocycles. The lowest BCUT2D eigenvalue weighted by atomic mass is 10.4. The van der Waals surface area contributed by atoms with Crippen molar-refractivity contribution in [2.75, 3.05) is 39.3 Å². The molecular formula is C11H15F7N4O3. The quantitative estimate of drug-likeness (QED) is 0.304. The molecule has 0 saturated heterocycles. The molecule has 0 aliphatic carbocycles. The van der Waals surface area contributed by atoms with Crippen LogP contribution in [0.15, 0.2) is 0 Å². The van der Waals surface area contributed by atoms with E-state index >= 15 is 0 Å². The minimum atomic E-state index is -5.09. The summed E-state index contributed by atoms with van der Waals surface area (Å²) in [7, 11) is 0. The summed E-state index contributed by atoms with van der Waals surface area (Å²) in [5.41, 5.74) is 0. The maximum absolute atomic E-state index is 12.0. The minimum Gasteiger partial charge on any atom is -0.347 e. The van der Waals surface area contributed by atoms with Crippen LogP contribution in [0.5, 0.6) is 0 Å². The first-order valence-electron chi connectivity index (χ1n) is 6.69. The largest absolute Gasteiger partial charge is 0.471 e. The van der Waals surface area contributed by atoms with E-state index in [4.69, 9.17) is 0 Å². The Morgan fingerprint density at radius 2 is 1.00 bits per heavy atom. The summed E-state index contributed by atoms with van der Waals surface area (Å²) >= 11 is 0. The Bertz CT molecular complexity index is 436. The first-order chi connectivity index (χ1) is 11.3. The number of carbonyl (C=O) groups is 3. The molecule has 0 aliphatic heterocycles. The summed E-state index contributed by atoms with van der Waals surface area (Å²) in [6.07, 6.45) is -12.0. The highest BCUT2D eigenvalue weighted by Gasteiger charge is 2.39. The molecule has 0 fully saturated rings. The lowest BCUT2D eigenvalue weighted by Crippen LogP contribution is -2.46. The van der Waals surface area contributed by atoms with Crippen LogP contribution in [0.3, 0.4) is 0 Å². The second-order valence-electron chi connectivity index (χ2n) is 4.55. The normalized spacial score (nSPS) is 12.0. The zero-order chi connectivity index (χ0) is 19.7. The molecule has 0 aromatic rings. The zero-order valence-electron chi connectivity index (χ0n) is 12.6. The fraction of sp³-hybridized carbons (Fsp3) is 0.727. The van der Waals surface area contributed by atoms with Crippen molar-refractivity contribution < 1.29 is 45.1 Å². The molecule has 0 rings (SSSR count). The van der Waals surface area contributed by atoms with Crippen molar-refractivity contribution in [3.8, 4) is 0 Å². The second-order valence-corrected chi connectivity index (χ2v) is 4.55. The molecule has 0 heterocycles. The Kier molecular flexibility index (Phi) is 9.16. The van der Waals surface area contributed by atoms with Crippen molar-refractivity contribution in [3.63, 3.8) is 0 Å². The molecule has 0 spiro atoms. The number of hydrogen-bond donors (Lipinski definition) is 3. The summed E-state index contributed by atoms with van der Waals surface area (Å²) in [6.45, 7) is -1.92. The van der Waals surface area contributed by atoms with Gasteiger partial charge in [0, 0.05) is 39.3 Å². The molecule has 0 atom stereocenters. The smallest absolute Gasteiger partial charge is 0.347 e. The van der Waals surface area contributed by atoms with Crippen LogP contribution in [-0.2, 0) is 9.59 Å². The lowest BCUT2D eigenvalue weighted by molar-refractivity contribution is -0.173. The van der Waals surface area contributed by atoms with Gasteiger partial charge in [-0.05, 0) is 0 Å². The Labute approximate surface area is 136 Å². The van der Waals surface area contributed by atoms with Gasteiger partial charge in [-0.1, -0.05) is 0 Å². The first kappa shape index (κ1) is 22.9. The van der Waals surface area contributed by atoms with E-state index in [2.05, 4.69) is 0 Å². The third kappa shape index (κ3) is 11.1. The SMILES string of the molecule is O=C(F)NCCN(CCNC(=O)C(F)(F)F)CCNC(=O)C(F)(F)F. The molecule has 25 heavy (non-hydrogen) atoms. The first-order valence-corrected chi connectivity index (χ1v) is 6.69. The maximum Gasteiger partial charge on any atom is 0.471 e. The molecule has 3 amide bonds. The summed E-state index contributed by atoms with van der Waals surface area (Å²) < 4.78 is 84.0. The summed E-state index contributed by atoms with van der Waals surface area (Å²) in [5.74, 6) is -4.40. The van der Waals surface area contributed by atoms with Crippen molar-refractivity contribution in [1.29, 1.82) is 0 Å². The van der Waals surface area contributed by atoms with Crippen LogP contribution >= 0.6 is 0 Å². The van der Waals surface area contributed by atoms with Crippen LogP contribution < -0.4 is 16.0 Å². The highest BCUT2D eigenvalue weighted by Crippen LogP contribution is 2.14. The molecule has 3 N–H and O–H groups in total. The molecule has 7 nitrogen and oxygen atoms in total. The number of nitrogens with one attached hydrogen (secondary N) is 3. The van der Waals surface area contributed by atoms with Gasteiger partial charge in [-0.2, -0.15) is 26.3 Å². The van der Waals surface area contributed by atoms with Crippen LogP contribution in [0.2, 0.25) is 0 Å². The molecule has 0 radical (unpaired) electrons. The van der Waals surface area contributed by atoms with Gasteiger partial charge in [0.2, 0.25) is 0 Å². The molecular weight excluding hydrogens is 369 g/mol. The van der Waals surface area contributed by atoms with E-state index < -0.39 is 43.4 Å². The number of nitrogens with zero attached hydrogens (tertiary/aromatic N) is 1. The third-order valence-corrected chi connectivity index (χ3v) is 2.63. The molecule has 0 bridgehead atoms. The van der Waals surface area contributed by atoms with E-state index in [9.17, 15) is 45.1 Å². The summed E-state index contributed by atoms with van der Waals surface area (Å²) in [6, 6.07) is 0. The number of rotatable bonds is 9. The molecule has 0 aliphatic rings. The number of halogens is 7. The number of hydrogen-bond acceptors (Lipinski definition) is 4. The van der Waals surface area contributed by atoms with E-state index in [1.165, 1.54) is 4.90 Å². The summed E-state index contributed by atoms with van der Waals surface area (Å²) in [5, 5.41) is 4.82. The lowest BCUT2D eigenvalue weighted by Gasteiger charge is -2.22. The third-order valence-electron chi connectivity index (χ3n) is 2.63. The Morgan fingerprint density at radius 1 is 0.680 bits per heavy atom. The average Bonchev–Trinajstić information content (AvgIpc) is 2.43. The van der Waals surface area contributed by atoms with Gasteiger partial charge in [0.25, 0.3) is 0 Å². The van der Waals surface area contributed by atoms with E-state index in [1.54, 1.807) is 16.0 Å². The van der Waals surface area contributed by atoms with Crippen LogP contribution in [0, 0.1) is 0 Å². The van der Waals surface area contributed by atoms with Gasteiger partial charge < -0.3 is 16.0 Å². The zero-order valence-corrected chi connectivity index (χ0v) is 12.6. The van der Waals surface area contributed by atoms with E-state index in [0.717, 1.165) is 0 Å². The summed E-state index contributed by atoms with van der Waals surface area (Å²) in [4.78, 5) is 32.5. The van der Waals surface area contributed by atoms with Crippen molar-refractivity contribution in [2.24, 2.45) is 0 Å². The van der Waals surface area contributed by atoms with Crippen LogP contribution in [0.25, 0.3) is 0 Å². The fourth-order valence-electron chi connectivity index (χ4n) is 1.50. The molecule has 0 unspecified atom stereocenters. The van der Waals surface area contributed by atoms with Gasteiger partial charge in [0.1, 0.15) is 0 Å². The second kappa shape index (κ2) is 10.0. The number of alkyl halides is 6. The predicted octanol–water partition coefficient (Wildman–Crippen LogP) is 0.324. The van der Waals surface area contributed by atoms with Crippen molar-refractivity contribution in [3.05, 3.63) is 0 Å². The highest BCUT2D eigenvalue weighted by molar-refractivity contribution is 5.82. The van der Waals surface area contributed by atoms with Crippen LogP contribution in [-0.4, -0.2) is 74.5 Å². The molecule has 0 aromatic carbocycles. The van der Waals surface area contributed by atoms with Crippen LogP contribution in [0.1, 0.15) is 0 Å². The van der Waals surface area contributed by atoms with Gasteiger partial charge in [-0.3, -0.25) is 14.5 Å². The van der Waals surface area contributed by atoms with E-state index in [0.29, 0.717) is 0 Å². The van der Waals surface area contributed by atoms with Crippen molar-refractivity contribution in [1.82, 2.24) is 20.9 Å². The van der Waals surface area contributed by atoms with Gasteiger partial charge in [0.05, 0.1) is 0 Å². The average molecular weight is 384 g/mol.